The van der Waals surface area contributed by atoms with Crippen LogP contribution in [0.2, 0.25) is 0 Å². The summed E-state index contributed by atoms with van der Waals surface area (Å²) in [5, 5.41) is 7.63. The molecule has 8 nitrogen and oxygen atoms in total. The van der Waals surface area contributed by atoms with E-state index in [9.17, 15) is 9.59 Å². The third-order valence-electron chi connectivity index (χ3n) is 6.63. The van der Waals surface area contributed by atoms with E-state index < -0.39 is 5.54 Å². The predicted molar refractivity (Wildman–Crippen MR) is 134 cm³/mol. The third-order valence-corrected chi connectivity index (χ3v) is 6.63. The molecule has 1 N–H and O–H groups in total. The molecule has 0 spiro atoms. The molecule has 8 heteroatoms. The van der Waals surface area contributed by atoms with Crippen molar-refractivity contribution in [2.24, 2.45) is 0 Å². The number of carbonyl (C=O) groups excluding carboxylic acids is 2. The molecule has 0 aliphatic carbocycles. The van der Waals surface area contributed by atoms with Crippen LogP contribution in [0.3, 0.4) is 0 Å². The highest BCUT2D eigenvalue weighted by Crippen LogP contribution is 2.32. The highest BCUT2D eigenvalue weighted by atomic mass is 16.5. The number of furan rings is 1. The van der Waals surface area contributed by atoms with Crippen LogP contribution in [-0.2, 0) is 24.4 Å². The van der Waals surface area contributed by atoms with Gasteiger partial charge in [-0.25, -0.2) is 0 Å². The molecular weight excluding hydrogens is 456 g/mol. The van der Waals surface area contributed by atoms with Gasteiger partial charge in [0.1, 0.15) is 22.7 Å². The van der Waals surface area contributed by atoms with Gasteiger partial charge in [-0.15, -0.1) is 0 Å². The summed E-state index contributed by atoms with van der Waals surface area (Å²) in [4.78, 5) is 29.1. The lowest BCUT2D eigenvalue weighted by molar-refractivity contribution is -0.133. The quantitative estimate of drug-likeness (QED) is 0.425. The van der Waals surface area contributed by atoms with Gasteiger partial charge in [0.15, 0.2) is 5.76 Å². The lowest BCUT2D eigenvalue weighted by atomic mass is 9.94. The number of hydrogen-bond acceptors (Lipinski definition) is 5. The van der Waals surface area contributed by atoms with E-state index in [0.29, 0.717) is 23.7 Å². The van der Waals surface area contributed by atoms with Crippen LogP contribution in [0.25, 0.3) is 11.5 Å². The van der Waals surface area contributed by atoms with Crippen molar-refractivity contribution in [1.29, 1.82) is 0 Å². The van der Waals surface area contributed by atoms with Crippen molar-refractivity contribution >= 4 is 11.8 Å². The van der Waals surface area contributed by atoms with E-state index in [2.05, 4.69) is 10.4 Å². The Bertz CT molecular complexity index is 1370. The number of fused-ring (bicyclic) bond motifs is 1. The van der Waals surface area contributed by atoms with Crippen molar-refractivity contribution < 1.29 is 18.7 Å². The molecule has 5 rings (SSSR count). The predicted octanol–water partition coefficient (Wildman–Crippen LogP) is 4.19. The highest BCUT2D eigenvalue weighted by molar-refractivity contribution is 6.00. The van der Waals surface area contributed by atoms with Crippen LogP contribution in [-0.4, -0.2) is 39.1 Å². The molecule has 2 amide bonds. The Hall–Kier alpha value is -4.33. The Morgan fingerprint density at radius 2 is 1.83 bits per heavy atom. The van der Waals surface area contributed by atoms with Gasteiger partial charge >= 0.3 is 0 Å². The molecular formula is C28H28N4O4. The topological polar surface area (TPSA) is 89.6 Å². The second-order valence-electron chi connectivity index (χ2n) is 9.23. The smallest absolute Gasteiger partial charge is 0.273 e. The number of carbonyl (C=O) groups is 2. The summed E-state index contributed by atoms with van der Waals surface area (Å²) >= 11 is 0. The summed E-state index contributed by atoms with van der Waals surface area (Å²) in [5.41, 5.74) is 2.83. The average Bonchev–Trinajstić information content (AvgIpc) is 3.57. The fourth-order valence-corrected chi connectivity index (χ4v) is 4.43. The molecule has 1 atom stereocenters. The molecule has 4 aromatic rings. The van der Waals surface area contributed by atoms with Crippen LogP contribution < -0.4 is 10.1 Å². The van der Waals surface area contributed by atoms with Gasteiger partial charge < -0.3 is 19.4 Å². The first-order chi connectivity index (χ1) is 17.4. The summed E-state index contributed by atoms with van der Waals surface area (Å²) in [6.07, 6.45) is 1.56. The second kappa shape index (κ2) is 9.37. The summed E-state index contributed by atoms with van der Waals surface area (Å²) in [7, 11) is 1.61. The molecule has 0 fully saturated rings. The Morgan fingerprint density at radius 1 is 1.11 bits per heavy atom. The Labute approximate surface area is 209 Å². The van der Waals surface area contributed by atoms with Gasteiger partial charge in [-0.05, 0) is 49.2 Å². The van der Waals surface area contributed by atoms with E-state index in [-0.39, 0.29) is 24.9 Å². The van der Waals surface area contributed by atoms with E-state index >= 15 is 0 Å². The van der Waals surface area contributed by atoms with Crippen molar-refractivity contribution in [3.8, 4) is 17.2 Å². The molecule has 184 valence electrons. The van der Waals surface area contributed by atoms with Gasteiger partial charge in [-0.3, -0.25) is 14.3 Å². The third kappa shape index (κ3) is 4.37. The van der Waals surface area contributed by atoms with E-state index in [1.165, 1.54) is 0 Å². The molecule has 0 radical (unpaired) electrons. The maximum atomic E-state index is 13.8. The zero-order chi connectivity index (χ0) is 25.3. The largest absolute Gasteiger partial charge is 0.497 e. The molecule has 0 unspecified atom stereocenters. The first-order valence-electron chi connectivity index (χ1n) is 11.8. The molecule has 0 saturated heterocycles. The summed E-state index contributed by atoms with van der Waals surface area (Å²) in [6.45, 7) is 4.65. The molecule has 3 heterocycles. The van der Waals surface area contributed by atoms with Crippen molar-refractivity contribution in [1.82, 2.24) is 20.0 Å². The first kappa shape index (κ1) is 23.4. The monoisotopic (exact) mass is 484 g/mol. The van der Waals surface area contributed by atoms with Crippen LogP contribution in [0.4, 0.5) is 0 Å². The van der Waals surface area contributed by atoms with Crippen LogP contribution >= 0.6 is 0 Å². The number of benzene rings is 2. The molecule has 2 aromatic carbocycles. The van der Waals surface area contributed by atoms with Crippen LogP contribution in [0.1, 0.15) is 34.1 Å². The van der Waals surface area contributed by atoms with E-state index in [4.69, 9.17) is 9.15 Å². The summed E-state index contributed by atoms with van der Waals surface area (Å²) in [6, 6.07) is 20.8. The number of amides is 2. The maximum Gasteiger partial charge on any atom is 0.273 e. The summed E-state index contributed by atoms with van der Waals surface area (Å²) < 4.78 is 12.3. The first-order valence-corrected chi connectivity index (χ1v) is 11.8. The number of nitrogens with zero attached hydrogens (tertiary/aromatic N) is 3. The molecule has 1 aliphatic heterocycles. The van der Waals surface area contributed by atoms with Crippen LogP contribution in [0.5, 0.6) is 5.75 Å². The van der Waals surface area contributed by atoms with Crippen molar-refractivity contribution in [2.75, 3.05) is 7.11 Å². The van der Waals surface area contributed by atoms with Gasteiger partial charge in [0.25, 0.3) is 5.91 Å². The van der Waals surface area contributed by atoms with Crippen LogP contribution in [0.15, 0.2) is 77.4 Å². The zero-order valence-electron chi connectivity index (χ0n) is 20.5. The molecule has 1 aliphatic rings. The average molecular weight is 485 g/mol. The van der Waals surface area contributed by atoms with Crippen molar-refractivity contribution in [3.05, 3.63) is 95.4 Å². The van der Waals surface area contributed by atoms with Gasteiger partial charge in [-0.1, -0.05) is 42.0 Å². The lowest BCUT2D eigenvalue weighted by Crippen LogP contribution is -2.63. The Balaban J connectivity index is 1.47. The van der Waals surface area contributed by atoms with Crippen LogP contribution in [0, 0.1) is 6.92 Å². The van der Waals surface area contributed by atoms with Gasteiger partial charge in [-0.2, -0.15) is 5.10 Å². The fraction of sp³-hybridized carbons (Fsp3) is 0.250. The minimum atomic E-state index is -1.17. The van der Waals surface area contributed by atoms with Gasteiger partial charge in [0, 0.05) is 19.2 Å². The normalized spacial score (nSPS) is 17.1. The SMILES string of the molecule is COc1ccc(CN2C(=O)c3cc(-c4ccco4)nn3C[C@]2(C)C(=O)NCc2ccc(C)cc2)cc1. The van der Waals surface area contributed by atoms with E-state index in [1.807, 2.05) is 55.5 Å². The minimum Gasteiger partial charge on any atom is -0.497 e. The standard InChI is InChI=1S/C28H28N4O4/c1-19-6-8-20(9-7-19)16-29-27(34)28(2)18-32-24(15-23(30-32)25-5-4-14-36-25)26(33)31(28)17-21-10-12-22(35-3)13-11-21/h4-15H,16-18H2,1-3H3,(H,29,34)/t28-/m1/s1. The Morgan fingerprint density at radius 3 is 2.50 bits per heavy atom. The molecule has 36 heavy (non-hydrogen) atoms. The number of rotatable bonds is 7. The highest BCUT2D eigenvalue weighted by Gasteiger charge is 2.48. The number of aryl methyl sites for hydroxylation is 1. The zero-order valence-corrected chi connectivity index (χ0v) is 20.5. The minimum absolute atomic E-state index is 0.213. The number of hydrogen-bond donors (Lipinski definition) is 1. The summed E-state index contributed by atoms with van der Waals surface area (Å²) in [5.74, 6) is 0.779. The number of aromatic nitrogens is 2. The second-order valence-corrected chi connectivity index (χ2v) is 9.23. The van der Waals surface area contributed by atoms with E-state index in [1.54, 1.807) is 48.1 Å². The Kier molecular flexibility index (Phi) is 6.10. The molecule has 0 saturated carbocycles. The number of methoxy groups -OCH3 is 1. The van der Waals surface area contributed by atoms with Crippen molar-refractivity contribution in [3.63, 3.8) is 0 Å². The van der Waals surface area contributed by atoms with Gasteiger partial charge in [0.2, 0.25) is 5.91 Å². The molecule has 2 aromatic heterocycles. The maximum absolute atomic E-state index is 13.8. The molecule has 0 bridgehead atoms. The van der Waals surface area contributed by atoms with Gasteiger partial charge in [0.05, 0.1) is 19.9 Å². The van der Waals surface area contributed by atoms with E-state index in [0.717, 1.165) is 22.4 Å². The lowest BCUT2D eigenvalue weighted by Gasteiger charge is -2.43. The fourth-order valence-electron chi connectivity index (χ4n) is 4.43. The number of nitrogens with one attached hydrogen (secondary N) is 1. The van der Waals surface area contributed by atoms with Crippen molar-refractivity contribution in [2.45, 2.75) is 39.0 Å². The number of ether oxygens (including phenoxy) is 1.